The van der Waals surface area contributed by atoms with Gasteiger partial charge in [-0.2, -0.15) is 0 Å². The molecular weight excluding hydrogens is 266 g/mol. The first-order valence-corrected chi connectivity index (χ1v) is 7.67. The van der Waals surface area contributed by atoms with E-state index in [0.29, 0.717) is 5.92 Å². The van der Waals surface area contributed by atoms with Crippen LogP contribution in [0.5, 0.6) is 0 Å². The average molecular weight is 285 g/mol. The van der Waals surface area contributed by atoms with Crippen LogP contribution in [0.4, 0.5) is 5.69 Å². The van der Waals surface area contributed by atoms with E-state index in [1.807, 2.05) is 23.5 Å². The maximum Gasteiger partial charge on any atom is 0.112 e. The predicted octanol–water partition coefficient (Wildman–Crippen LogP) is 4.16. The average Bonchev–Trinajstić information content (AvgIpc) is 2.94. The quantitative estimate of drug-likeness (QED) is 0.734. The number of nitrogen functional groups attached to an aromatic ring is 1. The fourth-order valence-electron chi connectivity index (χ4n) is 2.50. The Balaban J connectivity index is 2.13. The summed E-state index contributed by atoms with van der Waals surface area (Å²) < 4.78 is 2.31. The van der Waals surface area contributed by atoms with E-state index in [4.69, 9.17) is 10.7 Å². The molecule has 0 saturated carbocycles. The Morgan fingerprint density at radius 2 is 2.05 bits per heavy atom. The third-order valence-corrected chi connectivity index (χ3v) is 4.41. The number of rotatable bonds is 3. The van der Waals surface area contributed by atoms with Crippen LogP contribution >= 0.6 is 11.3 Å². The lowest BCUT2D eigenvalue weighted by Crippen LogP contribution is -2.05. The SMILES string of the molecule is Cc1ccc(Cn2c(C(C)C)nc3cc(N)ccc32)s1. The van der Waals surface area contributed by atoms with Gasteiger partial charge in [0.25, 0.3) is 0 Å². The van der Waals surface area contributed by atoms with Crippen LogP contribution in [0.25, 0.3) is 11.0 Å². The van der Waals surface area contributed by atoms with E-state index in [9.17, 15) is 0 Å². The van der Waals surface area contributed by atoms with Crippen LogP contribution in [-0.2, 0) is 6.54 Å². The van der Waals surface area contributed by atoms with Gasteiger partial charge in [0, 0.05) is 21.4 Å². The molecule has 0 bridgehead atoms. The molecule has 0 unspecified atom stereocenters. The fourth-order valence-corrected chi connectivity index (χ4v) is 3.38. The van der Waals surface area contributed by atoms with Crippen LogP contribution < -0.4 is 5.73 Å². The van der Waals surface area contributed by atoms with Gasteiger partial charge in [-0.1, -0.05) is 13.8 Å². The minimum Gasteiger partial charge on any atom is -0.399 e. The van der Waals surface area contributed by atoms with Crippen molar-refractivity contribution in [3.63, 3.8) is 0 Å². The summed E-state index contributed by atoms with van der Waals surface area (Å²) in [6.07, 6.45) is 0. The normalized spacial score (nSPS) is 11.6. The van der Waals surface area contributed by atoms with E-state index in [-0.39, 0.29) is 0 Å². The van der Waals surface area contributed by atoms with Gasteiger partial charge in [-0.25, -0.2) is 4.98 Å². The van der Waals surface area contributed by atoms with Gasteiger partial charge in [-0.15, -0.1) is 11.3 Å². The number of benzene rings is 1. The number of imidazole rings is 1. The van der Waals surface area contributed by atoms with Gasteiger partial charge in [0.2, 0.25) is 0 Å². The largest absolute Gasteiger partial charge is 0.399 e. The van der Waals surface area contributed by atoms with Crippen LogP contribution in [0.1, 0.15) is 35.3 Å². The molecule has 0 atom stereocenters. The molecule has 104 valence electrons. The lowest BCUT2D eigenvalue weighted by Gasteiger charge is -2.10. The van der Waals surface area contributed by atoms with E-state index in [1.54, 1.807) is 0 Å². The molecular formula is C16H19N3S. The van der Waals surface area contributed by atoms with Gasteiger partial charge in [0.1, 0.15) is 5.82 Å². The Morgan fingerprint density at radius 3 is 2.70 bits per heavy atom. The molecule has 0 saturated heterocycles. The Kier molecular flexibility index (Phi) is 3.26. The topological polar surface area (TPSA) is 43.8 Å². The lowest BCUT2D eigenvalue weighted by atomic mass is 10.2. The smallest absolute Gasteiger partial charge is 0.112 e. The number of aryl methyl sites for hydroxylation is 1. The van der Waals surface area contributed by atoms with Crippen molar-refractivity contribution >= 4 is 28.1 Å². The maximum atomic E-state index is 5.87. The summed E-state index contributed by atoms with van der Waals surface area (Å²) in [7, 11) is 0. The highest BCUT2D eigenvalue weighted by Gasteiger charge is 2.14. The van der Waals surface area contributed by atoms with Crippen molar-refractivity contribution < 1.29 is 0 Å². The summed E-state index contributed by atoms with van der Waals surface area (Å²) in [5.74, 6) is 1.52. The second-order valence-electron chi connectivity index (χ2n) is 5.47. The maximum absolute atomic E-state index is 5.87. The van der Waals surface area contributed by atoms with Crippen molar-refractivity contribution in [1.29, 1.82) is 0 Å². The molecule has 2 N–H and O–H groups in total. The van der Waals surface area contributed by atoms with Crippen molar-refractivity contribution in [3.8, 4) is 0 Å². The van der Waals surface area contributed by atoms with Gasteiger partial charge in [0.05, 0.1) is 17.6 Å². The highest BCUT2D eigenvalue weighted by Crippen LogP contribution is 2.26. The summed E-state index contributed by atoms with van der Waals surface area (Å²) in [5, 5.41) is 0. The molecule has 3 rings (SSSR count). The molecule has 3 aromatic rings. The third kappa shape index (κ3) is 2.31. The monoisotopic (exact) mass is 285 g/mol. The van der Waals surface area contributed by atoms with Crippen LogP contribution in [0, 0.1) is 6.92 Å². The number of anilines is 1. The molecule has 0 aliphatic rings. The Labute approximate surface area is 123 Å². The Hall–Kier alpha value is -1.81. The first-order valence-electron chi connectivity index (χ1n) is 6.85. The molecule has 0 fully saturated rings. The van der Waals surface area contributed by atoms with Crippen molar-refractivity contribution in [1.82, 2.24) is 9.55 Å². The minimum atomic E-state index is 0.393. The van der Waals surface area contributed by atoms with Gasteiger partial charge < -0.3 is 10.3 Å². The number of hydrogen-bond acceptors (Lipinski definition) is 3. The van der Waals surface area contributed by atoms with Crippen LogP contribution in [-0.4, -0.2) is 9.55 Å². The second-order valence-corrected chi connectivity index (χ2v) is 6.84. The molecule has 2 aromatic heterocycles. The van der Waals surface area contributed by atoms with Crippen LogP contribution in [0.2, 0.25) is 0 Å². The molecule has 0 aliphatic heterocycles. The van der Waals surface area contributed by atoms with E-state index >= 15 is 0 Å². The van der Waals surface area contributed by atoms with Crippen molar-refractivity contribution in [2.45, 2.75) is 33.2 Å². The Morgan fingerprint density at radius 1 is 1.25 bits per heavy atom. The molecule has 4 heteroatoms. The number of hydrogen-bond donors (Lipinski definition) is 1. The van der Waals surface area contributed by atoms with Gasteiger partial charge in [-0.3, -0.25) is 0 Å². The van der Waals surface area contributed by atoms with Gasteiger partial charge >= 0.3 is 0 Å². The van der Waals surface area contributed by atoms with E-state index in [0.717, 1.165) is 29.1 Å². The van der Waals surface area contributed by atoms with E-state index in [2.05, 4.69) is 43.5 Å². The molecule has 20 heavy (non-hydrogen) atoms. The first-order chi connectivity index (χ1) is 9.54. The number of nitrogens with zero attached hydrogens (tertiary/aromatic N) is 2. The van der Waals surface area contributed by atoms with Crippen molar-refractivity contribution in [3.05, 3.63) is 45.9 Å². The molecule has 1 aromatic carbocycles. The minimum absolute atomic E-state index is 0.393. The third-order valence-electron chi connectivity index (χ3n) is 3.43. The highest BCUT2D eigenvalue weighted by atomic mass is 32.1. The van der Waals surface area contributed by atoms with E-state index in [1.165, 1.54) is 9.75 Å². The lowest BCUT2D eigenvalue weighted by molar-refractivity contribution is 0.688. The summed E-state index contributed by atoms with van der Waals surface area (Å²) >= 11 is 1.84. The zero-order valence-corrected chi connectivity index (χ0v) is 12.9. The van der Waals surface area contributed by atoms with Crippen LogP contribution in [0.3, 0.4) is 0 Å². The molecule has 0 aliphatic carbocycles. The highest BCUT2D eigenvalue weighted by molar-refractivity contribution is 7.11. The summed E-state index contributed by atoms with van der Waals surface area (Å²) in [6, 6.07) is 10.4. The summed E-state index contributed by atoms with van der Waals surface area (Å²) in [5.41, 5.74) is 8.79. The zero-order valence-electron chi connectivity index (χ0n) is 12.1. The van der Waals surface area contributed by atoms with Crippen molar-refractivity contribution in [2.24, 2.45) is 0 Å². The number of nitrogens with two attached hydrogens (primary N) is 1. The number of thiophene rings is 1. The van der Waals surface area contributed by atoms with E-state index < -0.39 is 0 Å². The molecule has 0 amide bonds. The second kappa shape index (κ2) is 4.94. The summed E-state index contributed by atoms with van der Waals surface area (Å²) in [6.45, 7) is 7.39. The van der Waals surface area contributed by atoms with Gasteiger partial charge in [-0.05, 0) is 37.3 Å². The number of aromatic nitrogens is 2. The standard InChI is InChI=1S/C16H19N3S/c1-10(2)16-18-14-8-12(17)5-7-15(14)19(16)9-13-6-4-11(3)20-13/h4-8,10H,9,17H2,1-3H3. The fraction of sp³-hybridized carbons (Fsp3) is 0.312. The molecule has 0 radical (unpaired) electrons. The summed E-state index contributed by atoms with van der Waals surface area (Å²) in [4.78, 5) is 7.47. The molecule has 0 spiro atoms. The zero-order chi connectivity index (χ0) is 14.3. The number of fused-ring (bicyclic) bond motifs is 1. The molecule has 2 heterocycles. The molecule has 3 nitrogen and oxygen atoms in total. The van der Waals surface area contributed by atoms with Crippen molar-refractivity contribution in [2.75, 3.05) is 5.73 Å². The Bertz CT molecular complexity index is 752. The first kappa shape index (κ1) is 13.2. The van der Waals surface area contributed by atoms with Crippen LogP contribution in [0.15, 0.2) is 30.3 Å². The predicted molar refractivity (Wildman–Crippen MR) is 86.4 cm³/mol. The van der Waals surface area contributed by atoms with Gasteiger partial charge in [0.15, 0.2) is 0 Å².